The molecular formula is C9H7N2O4-. The molecule has 0 fully saturated rings. The highest BCUT2D eigenvalue weighted by atomic mass is 16.4. The molecule has 6 nitrogen and oxygen atoms in total. The van der Waals surface area contributed by atoms with E-state index >= 15 is 0 Å². The first-order valence-corrected chi connectivity index (χ1v) is 3.93. The molecule has 0 saturated carbocycles. The van der Waals surface area contributed by atoms with Crippen LogP contribution in [-0.2, 0) is 4.79 Å². The molecule has 1 aromatic carbocycles. The van der Waals surface area contributed by atoms with E-state index in [1.807, 2.05) is 0 Å². The van der Waals surface area contributed by atoms with Crippen LogP contribution in [0.4, 0.5) is 5.69 Å². The van der Waals surface area contributed by atoms with Crippen molar-refractivity contribution < 1.29 is 14.7 Å². The molecule has 15 heavy (non-hydrogen) atoms. The van der Waals surface area contributed by atoms with Crippen LogP contribution in [0.3, 0.4) is 0 Å². The van der Waals surface area contributed by atoms with Crippen LogP contribution in [0, 0.1) is 5.21 Å². The van der Waals surface area contributed by atoms with Gasteiger partial charge in [0.25, 0.3) is 5.91 Å². The van der Waals surface area contributed by atoms with Crippen LogP contribution in [-0.4, -0.2) is 23.2 Å². The van der Waals surface area contributed by atoms with E-state index in [2.05, 4.69) is 10.5 Å². The molecule has 0 aliphatic carbocycles. The van der Waals surface area contributed by atoms with Gasteiger partial charge in [-0.05, 0) is 18.2 Å². The Balaban J connectivity index is 2.82. The number of benzene rings is 1. The van der Waals surface area contributed by atoms with Crippen molar-refractivity contribution in [2.75, 3.05) is 5.32 Å². The third kappa shape index (κ3) is 3.11. The van der Waals surface area contributed by atoms with E-state index in [1.54, 1.807) is 0 Å². The summed E-state index contributed by atoms with van der Waals surface area (Å²) in [7, 11) is 0. The molecule has 0 aliphatic rings. The average Bonchev–Trinajstić information content (AvgIpc) is 2.18. The van der Waals surface area contributed by atoms with Crippen LogP contribution in [0.25, 0.3) is 0 Å². The first-order chi connectivity index (χ1) is 7.13. The van der Waals surface area contributed by atoms with E-state index < -0.39 is 11.9 Å². The van der Waals surface area contributed by atoms with E-state index in [-0.39, 0.29) is 5.56 Å². The summed E-state index contributed by atoms with van der Waals surface area (Å²) in [5.74, 6) is -1.80. The maximum absolute atomic E-state index is 10.9. The maximum atomic E-state index is 10.9. The SMILES string of the molecule is O=C(/C=N\[O-])Nc1cccc(C(=O)O)c1. The summed E-state index contributed by atoms with van der Waals surface area (Å²) in [5.41, 5.74) is 0.340. The first-order valence-electron chi connectivity index (χ1n) is 3.93. The Morgan fingerprint density at radius 2 is 2.20 bits per heavy atom. The van der Waals surface area contributed by atoms with Crippen molar-refractivity contribution in [3.8, 4) is 0 Å². The van der Waals surface area contributed by atoms with Gasteiger partial charge >= 0.3 is 5.97 Å². The number of carbonyl (C=O) groups is 2. The van der Waals surface area contributed by atoms with Crippen molar-refractivity contribution >= 4 is 23.8 Å². The summed E-state index contributed by atoms with van der Waals surface area (Å²) in [5, 5.41) is 23.0. The zero-order chi connectivity index (χ0) is 11.3. The number of hydrogen-bond donors (Lipinski definition) is 2. The molecule has 0 spiro atoms. The Morgan fingerprint density at radius 3 is 2.80 bits per heavy atom. The third-order valence-electron chi connectivity index (χ3n) is 1.55. The Hall–Kier alpha value is -2.37. The van der Waals surface area contributed by atoms with Crippen molar-refractivity contribution in [3.05, 3.63) is 35.0 Å². The number of anilines is 1. The van der Waals surface area contributed by atoms with Gasteiger partial charge < -0.3 is 20.8 Å². The fourth-order valence-corrected chi connectivity index (χ4v) is 0.952. The molecule has 1 aromatic rings. The Bertz CT molecular complexity index is 414. The summed E-state index contributed by atoms with van der Waals surface area (Å²) >= 11 is 0. The number of nitrogens with one attached hydrogen (secondary N) is 1. The minimum absolute atomic E-state index is 0.0480. The third-order valence-corrected chi connectivity index (χ3v) is 1.55. The van der Waals surface area contributed by atoms with Gasteiger partial charge in [-0.1, -0.05) is 6.07 Å². The van der Waals surface area contributed by atoms with Crippen LogP contribution >= 0.6 is 0 Å². The van der Waals surface area contributed by atoms with Gasteiger partial charge in [0.1, 0.15) is 0 Å². The molecule has 0 atom stereocenters. The molecule has 0 saturated heterocycles. The lowest BCUT2D eigenvalue weighted by atomic mass is 10.2. The van der Waals surface area contributed by atoms with Crippen LogP contribution in [0.15, 0.2) is 29.4 Å². The van der Waals surface area contributed by atoms with Gasteiger partial charge in [0.15, 0.2) is 0 Å². The number of carboxylic acids is 1. The predicted molar refractivity (Wildman–Crippen MR) is 53.9 cm³/mol. The van der Waals surface area contributed by atoms with Crippen molar-refractivity contribution in [2.45, 2.75) is 0 Å². The summed E-state index contributed by atoms with van der Waals surface area (Å²) < 4.78 is 0. The lowest BCUT2D eigenvalue weighted by Gasteiger charge is -2.02. The fourth-order valence-electron chi connectivity index (χ4n) is 0.952. The molecular weight excluding hydrogens is 200 g/mol. The van der Waals surface area contributed by atoms with Gasteiger partial charge in [-0.15, -0.1) is 0 Å². The van der Waals surface area contributed by atoms with Gasteiger partial charge in [0.05, 0.1) is 11.8 Å². The van der Waals surface area contributed by atoms with Gasteiger partial charge in [-0.2, -0.15) is 0 Å². The van der Waals surface area contributed by atoms with Crippen LogP contribution in [0.1, 0.15) is 10.4 Å². The van der Waals surface area contributed by atoms with Gasteiger partial charge in [-0.25, -0.2) is 4.79 Å². The predicted octanol–water partition coefficient (Wildman–Crippen LogP) is 0.892. The topological polar surface area (TPSA) is 102 Å². The summed E-state index contributed by atoms with van der Waals surface area (Å²) in [6.07, 6.45) is 0.563. The van der Waals surface area contributed by atoms with E-state index in [0.29, 0.717) is 11.9 Å². The second-order valence-corrected chi connectivity index (χ2v) is 2.61. The van der Waals surface area contributed by atoms with Crippen molar-refractivity contribution in [3.63, 3.8) is 0 Å². The smallest absolute Gasteiger partial charge is 0.335 e. The minimum Gasteiger partial charge on any atom is -0.792 e. The highest BCUT2D eigenvalue weighted by Gasteiger charge is 2.04. The molecule has 0 heterocycles. The monoisotopic (exact) mass is 207 g/mol. The molecule has 1 amide bonds. The van der Waals surface area contributed by atoms with Crippen LogP contribution in [0.2, 0.25) is 0 Å². The van der Waals surface area contributed by atoms with Crippen molar-refractivity contribution in [1.29, 1.82) is 0 Å². The molecule has 1 rings (SSSR count). The maximum Gasteiger partial charge on any atom is 0.335 e. The average molecular weight is 207 g/mol. The van der Waals surface area contributed by atoms with Crippen LogP contribution in [0.5, 0.6) is 0 Å². The zero-order valence-electron chi connectivity index (χ0n) is 7.51. The van der Waals surface area contributed by atoms with Gasteiger partial charge in [-0.3, -0.25) is 4.79 Å². The zero-order valence-corrected chi connectivity index (χ0v) is 7.51. The summed E-state index contributed by atoms with van der Waals surface area (Å²) in [6, 6.07) is 5.65. The second-order valence-electron chi connectivity index (χ2n) is 2.61. The number of amides is 1. The second kappa shape index (κ2) is 4.75. The molecule has 0 radical (unpaired) electrons. The number of carboxylic acid groups (broad SMARTS) is 1. The normalized spacial score (nSPS) is 10.1. The van der Waals surface area contributed by atoms with Crippen molar-refractivity contribution in [1.82, 2.24) is 0 Å². The van der Waals surface area contributed by atoms with E-state index in [0.717, 1.165) is 0 Å². The molecule has 78 valence electrons. The molecule has 0 bridgehead atoms. The number of rotatable bonds is 3. The number of nitrogens with zero attached hydrogens (tertiary/aromatic N) is 1. The van der Waals surface area contributed by atoms with E-state index in [9.17, 15) is 14.8 Å². The molecule has 2 N–H and O–H groups in total. The molecule has 0 aliphatic heterocycles. The lowest BCUT2D eigenvalue weighted by Crippen LogP contribution is -2.12. The molecule has 6 heteroatoms. The summed E-state index contributed by atoms with van der Waals surface area (Å²) in [4.78, 5) is 21.5. The quantitative estimate of drug-likeness (QED) is 0.567. The summed E-state index contributed by atoms with van der Waals surface area (Å²) in [6.45, 7) is 0. The van der Waals surface area contributed by atoms with E-state index in [1.165, 1.54) is 24.3 Å². The van der Waals surface area contributed by atoms with Crippen LogP contribution < -0.4 is 5.32 Å². The minimum atomic E-state index is -1.09. The molecule has 0 unspecified atom stereocenters. The Morgan fingerprint density at radius 1 is 1.47 bits per heavy atom. The van der Waals surface area contributed by atoms with Gasteiger partial charge in [0, 0.05) is 5.69 Å². The van der Waals surface area contributed by atoms with Crippen molar-refractivity contribution in [2.24, 2.45) is 5.16 Å². The largest absolute Gasteiger partial charge is 0.792 e. The highest BCUT2D eigenvalue weighted by molar-refractivity contribution is 6.31. The molecule has 0 aromatic heterocycles. The number of aromatic carboxylic acids is 1. The fraction of sp³-hybridized carbons (Fsp3) is 0. The highest BCUT2D eigenvalue weighted by Crippen LogP contribution is 2.10. The first kappa shape index (κ1) is 10.7. The van der Waals surface area contributed by atoms with Gasteiger partial charge in [0.2, 0.25) is 0 Å². The number of carbonyl (C=O) groups excluding carboxylic acids is 1. The van der Waals surface area contributed by atoms with E-state index in [4.69, 9.17) is 5.11 Å². The standard InChI is InChI=1S/C9H8N2O4/c12-8(5-10-15)11-7-3-1-2-6(4-7)9(13)14/h1-5,15H,(H,11,12)(H,13,14)/p-1/b10-5-. The Kier molecular flexibility index (Phi) is 3.39. The number of hydrogen-bond acceptors (Lipinski definition) is 4. The lowest BCUT2D eigenvalue weighted by molar-refractivity contribution is -0.109. The Labute approximate surface area is 84.8 Å².